The molecule has 0 amide bonds. The highest BCUT2D eigenvalue weighted by Gasteiger charge is 2.27. The largest absolute Gasteiger partial charge is 0.496 e. The summed E-state index contributed by atoms with van der Waals surface area (Å²) >= 11 is 1.30. The molecule has 1 aromatic heterocycles. The summed E-state index contributed by atoms with van der Waals surface area (Å²) in [5, 5.41) is 8.46. The number of thioether (sulfide) groups is 1. The Hall–Kier alpha value is -2.73. The van der Waals surface area contributed by atoms with Crippen LogP contribution in [-0.4, -0.2) is 62.1 Å². The van der Waals surface area contributed by atoms with E-state index in [0.29, 0.717) is 54.2 Å². The van der Waals surface area contributed by atoms with Crippen LogP contribution in [0.5, 0.6) is 5.75 Å². The van der Waals surface area contributed by atoms with Gasteiger partial charge in [0.05, 0.1) is 25.2 Å². The van der Waals surface area contributed by atoms with Crippen LogP contribution in [0.3, 0.4) is 0 Å². The standard InChI is InChI=1S/C22H23N3O6S2/c1-15(26)16-6-7-20(29-2)18(12-16)14-32-22-24-23-21(31-22)17-4-3-5-19(13-17)33(27,28)25-8-10-30-11-9-25/h3-7,12-13H,8-11,14H2,1-2H3. The summed E-state index contributed by atoms with van der Waals surface area (Å²) in [5.41, 5.74) is 1.93. The second-order valence-corrected chi connectivity index (χ2v) is 10.2. The summed E-state index contributed by atoms with van der Waals surface area (Å²) < 4.78 is 43.7. The Morgan fingerprint density at radius 2 is 1.94 bits per heavy atom. The zero-order valence-electron chi connectivity index (χ0n) is 18.2. The van der Waals surface area contributed by atoms with Crippen molar-refractivity contribution in [2.75, 3.05) is 33.4 Å². The van der Waals surface area contributed by atoms with E-state index >= 15 is 0 Å². The van der Waals surface area contributed by atoms with Gasteiger partial charge < -0.3 is 13.9 Å². The minimum Gasteiger partial charge on any atom is -0.496 e. The van der Waals surface area contributed by atoms with Crippen LogP contribution in [0.1, 0.15) is 22.8 Å². The van der Waals surface area contributed by atoms with Crippen LogP contribution in [0.25, 0.3) is 11.5 Å². The van der Waals surface area contributed by atoms with E-state index in [1.54, 1.807) is 43.5 Å². The van der Waals surface area contributed by atoms with Gasteiger partial charge in [-0.15, -0.1) is 10.2 Å². The third-order valence-electron chi connectivity index (χ3n) is 5.13. The SMILES string of the molecule is COc1ccc(C(C)=O)cc1CSc1nnc(-c2cccc(S(=O)(=O)N3CCOCC3)c2)o1. The summed E-state index contributed by atoms with van der Waals surface area (Å²) in [6.45, 7) is 2.91. The Morgan fingerprint density at radius 1 is 1.15 bits per heavy atom. The maximum atomic E-state index is 12.9. The maximum Gasteiger partial charge on any atom is 0.277 e. The molecule has 4 rings (SSSR count). The van der Waals surface area contributed by atoms with Crippen LogP contribution in [0.4, 0.5) is 0 Å². The number of hydrogen-bond acceptors (Lipinski definition) is 9. The highest BCUT2D eigenvalue weighted by Crippen LogP contribution is 2.31. The summed E-state index contributed by atoms with van der Waals surface area (Å²) in [6, 6.07) is 11.7. The predicted octanol–water partition coefficient (Wildman–Crippen LogP) is 3.26. The van der Waals surface area contributed by atoms with Crippen LogP contribution in [-0.2, 0) is 20.5 Å². The topological polar surface area (TPSA) is 112 Å². The second kappa shape index (κ2) is 10.0. The number of benzene rings is 2. The van der Waals surface area contributed by atoms with E-state index in [-0.39, 0.29) is 16.6 Å². The number of carbonyl (C=O) groups is 1. The molecule has 0 spiro atoms. The molecule has 174 valence electrons. The van der Waals surface area contributed by atoms with Gasteiger partial charge in [-0.3, -0.25) is 4.79 Å². The second-order valence-electron chi connectivity index (χ2n) is 7.29. The normalized spacial score (nSPS) is 14.8. The van der Waals surface area contributed by atoms with Gasteiger partial charge in [0.25, 0.3) is 5.22 Å². The Balaban J connectivity index is 1.51. The molecule has 0 atom stereocenters. The lowest BCUT2D eigenvalue weighted by Gasteiger charge is -2.26. The van der Waals surface area contributed by atoms with Gasteiger partial charge in [0.2, 0.25) is 15.9 Å². The van der Waals surface area contributed by atoms with E-state index in [4.69, 9.17) is 13.9 Å². The number of methoxy groups -OCH3 is 1. The molecule has 0 aliphatic carbocycles. The summed E-state index contributed by atoms with van der Waals surface area (Å²) in [6.07, 6.45) is 0. The zero-order valence-corrected chi connectivity index (χ0v) is 19.8. The number of sulfonamides is 1. The van der Waals surface area contributed by atoms with Crippen molar-refractivity contribution in [2.45, 2.75) is 22.8 Å². The van der Waals surface area contributed by atoms with Gasteiger partial charge in [0, 0.05) is 35.5 Å². The molecule has 0 unspecified atom stereocenters. The number of morpholine rings is 1. The highest BCUT2D eigenvalue weighted by atomic mass is 32.2. The first-order chi connectivity index (χ1) is 15.9. The Bertz CT molecular complexity index is 1250. The van der Waals surface area contributed by atoms with Crippen molar-refractivity contribution in [3.05, 3.63) is 53.6 Å². The molecule has 33 heavy (non-hydrogen) atoms. The van der Waals surface area contributed by atoms with Crippen molar-refractivity contribution in [1.82, 2.24) is 14.5 Å². The minimum atomic E-state index is -3.63. The number of aromatic nitrogens is 2. The van der Waals surface area contributed by atoms with Crippen LogP contribution in [0.15, 0.2) is 57.0 Å². The molecule has 1 saturated heterocycles. The van der Waals surface area contributed by atoms with Crippen molar-refractivity contribution < 1.29 is 27.1 Å². The third kappa shape index (κ3) is 5.27. The number of Topliss-reactive ketones (excluding diaryl/α,β-unsaturated/α-hetero) is 1. The van der Waals surface area contributed by atoms with Crippen LogP contribution < -0.4 is 4.74 Å². The van der Waals surface area contributed by atoms with Crippen LogP contribution >= 0.6 is 11.8 Å². The van der Waals surface area contributed by atoms with Crippen molar-refractivity contribution in [3.63, 3.8) is 0 Å². The highest BCUT2D eigenvalue weighted by molar-refractivity contribution is 7.98. The summed E-state index contributed by atoms with van der Waals surface area (Å²) in [4.78, 5) is 11.9. The number of ether oxygens (including phenoxy) is 2. The molecule has 1 aliphatic heterocycles. The number of nitrogens with zero attached hydrogens (tertiary/aromatic N) is 3. The molecule has 1 aliphatic rings. The van der Waals surface area contributed by atoms with Crippen molar-refractivity contribution in [3.8, 4) is 17.2 Å². The number of ketones is 1. The number of hydrogen-bond donors (Lipinski definition) is 0. The minimum absolute atomic E-state index is 0.0316. The molecule has 0 radical (unpaired) electrons. The van der Waals surface area contributed by atoms with Crippen molar-refractivity contribution in [2.24, 2.45) is 0 Å². The lowest BCUT2D eigenvalue weighted by atomic mass is 10.1. The van der Waals surface area contributed by atoms with Gasteiger partial charge in [-0.2, -0.15) is 4.31 Å². The molecule has 11 heteroatoms. The fraction of sp³-hybridized carbons (Fsp3) is 0.318. The monoisotopic (exact) mass is 489 g/mol. The van der Waals surface area contributed by atoms with Gasteiger partial charge in [0.1, 0.15) is 5.75 Å². The summed E-state index contributed by atoms with van der Waals surface area (Å²) in [5.74, 6) is 1.31. The van der Waals surface area contributed by atoms with E-state index in [1.807, 2.05) is 0 Å². The number of rotatable bonds is 8. The van der Waals surface area contributed by atoms with E-state index in [1.165, 1.54) is 29.1 Å². The average molecular weight is 490 g/mol. The Morgan fingerprint density at radius 3 is 2.67 bits per heavy atom. The molecule has 0 saturated carbocycles. The van der Waals surface area contributed by atoms with Gasteiger partial charge >= 0.3 is 0 Å². The first-order valence-electron chi connectivity index (χ1n) is 10.2. The first-order valence-corrected chi connectivity index (χ1v) is 12.6. The first kappa shape index (κ1) is 23.4. The molecule has 0 bridgehead atoms. The smallest absolute Gasteiger partial charge is 0.277 e. The Kier molecular flexibility index (Phi) is 7.13. The molecule has 3 aromatic rings. The molecule has 2 heterocycles. The van der Waals surface area contributed by atoms with Crippen LogP contribution in [0, 0.1) is 0 Å². The van der Waals surface area contributed by atoms with E-state index < -0.39 is 10.0 Å². The van der Waals surface area contributed by atoms with Gasteiger partial charge in [-0.1, -0.05) is 17.8 Å². The predicted molar refractivity (Wildman–Crippen MR) is 122 cm³/mol. The molecule has 2 aromatic carbocycles. The lowest BCUT2D eigenvalue weighted by molar-refractivity contribution is 0.0730. The van der Waals surface area contributed by atoms with Gasteiger partial charge in [-0.25, -0.2) is 8.42 Å². The van der Waals surface area contributed by atoms with E-state index in [0.717, 1.165) is 5.56 Å². The molecular formula is C22H23N3O6S2. The van der Waals surface area contributed by atoms with E-state index in [9.17, 15) is 13.2 Å². The van der Waals surface area contributed by atoms with Crippen LogP contribution in [0.2, 0.25) is 0 Å². The van der Waals surface area contributed by atoms with Crippen molar-refractivity contribution in [1.29, 1.82) is 0 Å². The lowest BCUT2D eigenvalue weighted by Crippen LogP contribution is -2.40. The molecule has 9 nitrogen and oxygen atoms in total. The third-order valence-corrected chi connectivity index (χ3v) is 7.90. The molecular weight excluding hydrogens is 466 g/mol. The zero-order chi connectivity index (χ0) is 23.4. The maximum absolute atomic E-state index is 12.9. The fourth-order valence-corrected chi connectivity index (χ4v) is 5.56. The quantitative estimate of drug-likeness (QED) is 0.348. The van der Waals surface area contributed by atoms with E-state index in [2.05, 4.69) is 10.2 Å². The summed E-state index contributed by atoms with van der Waals surface area (Å²) in [7, 11) is -2.06. The number of carbonyl (C=O) groups excluding carboxylic acids is 1. The average Bonchev–Trinajstić information content (AvgIpc) is 3.32. The van der Waals surface area contributed by atoms with Crippen molar-refractivity contribution >= 4 is 27.6 Å². The fourth-order valence-electron chi connectivity index (χ4n) is 3.36. The molecule has 1 fully saturated rings. The van der Waals surface area contributed by atoms with Gasteiger partial charge in [0.15, 0.2) is 5.78 Å². The Labute approximate surface area is 196 Å². The molecule has 0 N–H and O–H groups in total. The van der Waals surface area contributed by atoms with Gasteiger partial charge in [-0.05, 0) is 43.3 Å².